The van der Waals surface area contributed by atoms with Gasteiger partial charge in [0.05, 0.1) is 7.11 Å². The summed E-state index contributed by atoms with van der Waals surface area (Å²) in [6, 6.07) is 7.01. The molecule has 3 aromatic rings. The lowest BCUT2D eigenvalue weighted by Gasteiger charge is -2.09. The molecule has 0 spiro atoms. The molecule has 120 valence electrons. The molecule has 1 heterocycles. The highest BCUT2D eigenvalue weighted by atomic mass is 35.7. The Kier molecular flexibility index (Phi) is 3.65. The first-order chi connectivity index (χ1) is 10.8. The summed E-state index contributed by atoms with van der Waals surface area (Å²) in [6.45, 7) is 0. The summed E-state index contributed by atoms with van der Waals surface area (Å²) in [5, 5.41) is 3.61. The normalized spacial score (nSPS) is 11.8. The highest BCUT2D eigenvalue weighted by Crippen LogP contribution is 2.34. The van der Waals surface area contributed by atoms with Crippen LogP contribution >= 0.6 is 10.7 Å². The second-order valence-corrected chi connectivity index (χ2v) is 7.24. The van der Waals surface area contributed by atoms with Gasteiger partial charge in [0.15, 0.2) is 11.4 Å². The number of hydrogen-bond acceptors (Lipinski definition) is 6. The molecule has 0 aliphatic carbocycles. The summed E-state index contributed by atoms with van der Waals surface area (Å²) in [6.07, 6.45) is 0. The molecule has 0 atom stereocenters. The van der Waals surface area contributed by atoms with Gasteiger partial charge in [-0.15, -0.1) is 0 Å². The number of halogens is 2. The van der Waals surface area contributed by atoms with E-state index in [1.807, 2.05) is 0 Å². The number of ether oxygens (including phenoxy) is 1. The van der Waals surface area contributed by atoms with Crippen molar-refractivity contribution in [2.75, 3.05) is 12.8 Å². The van der Waals surface area contributed by atoms with Gasteiger partial charge in [0.25, 0.3) is 9.05 Å². The van der Waals surface area contributed by atoms with E-state index in [0.29, 0.717) is 11.1 Å². The largest absolute Gasteiger partial charge is 0.495 e. The van der Waals surface area contributed by atoms with E-state index in [0.717, 1.165) is 0 Å². The van der Waals surface area contributed by atoms with Crippen LogP contribution in [-0.2, 0) is 9.05 Å². The molecule has 0 radical (unpaired) electrons. The third-order valence-electron chi connectivity index (χ3n) is 3.31. The predicted molar refractivity (Wildman–Crippen MR) is 83.4 cm³/mol. The first-order valence-corrected chi connectivity index (χ1v) is 8.59. The minimum Gasteiger partial charge on any atom is -0.495 e. The summed E-state index contributed by atoms with van der Waals surface area (Å²) < 4.78 is 47.1. The van der Waals surface area contributed by atoms with E-state index < -0.39 is 14.9 Å². The molecule has 9 heteroatoms. The maximum Gasteiger partial charge on any atom is 0.264 e. The SMILES string of the molecule is COc1cc(-c2cc(F)c3c(N)noc3c2)ccc1S(=O)(=O)Cl. The smallest absolute Gasteiger partial charge is 0.264 e. The molecule has 0 aliphatic heterocycles. The molecule has 0 aliphatic rings. The van der Waals surface area contributed by atoms with Crippen molar-refractivity contribution in [1.82, 2.24) is 5.16 Å². The number of rotatable bonds is 3. The van der Waals surface area contributed by atoms with Crippen LogP contribution in [0.5, 0.6) is 5.75 Å². The summed E-state index contributed by atoms with van der Waals surface area (Å²) in [4.78, 5) is -0.170. The van der Waals surface area contributed by atoms with Crippen LogP contribution in [0, 0.1) is 5.82 Å². The second-order valence-electron chi connectivity index (χ2n) is 4.70. The predicted octanol–water partition coefficient (Wildman–Crippen LogP) is 3.15. The summed E-state index contributed by atoms with van der Waals surface area (Å²) >= 11 is 0. The average Bonchev–Trinajstić information content (AvgIpc) is 2.87. The first-order valence-electron chi connectivity index (χ1n) is 6.28. The van der Waals surface area contributed by atoms with Gasteiger partial charge >= 0.3 is 0 Å². The van der Waals surface area contributed by atoms with Gasteiger partial charge in [0.1, 0.15) is 21.8 Å². The zero-order valence-corrected chi connectivity index (χ0v) is 13.3. The van der Waals surface area contributed by atoms with Crippen LogP contribution in [0.3, 0.4) is 0 Å². The monoisotopic (exact) mass is 356 g/mol. The van der Waals surface area contributed by atoms with Crippen LogP contribution in [0.4, 0.5) is 10.2 Å². The number of methoxy groups -OCH3 is 1. The zero-order valence-electron chi connectivity index (χ0n) is 11.7. The van der Waals surface area contributed by atoms with Crippen molar-refractivity contribution in [3.05, 3.63) is 36.1 Å². The van der Waals surface area contributed by atoms with Crippen molar-refractivity contribution in [1.29, 1.82) is 0 Å². The van der Waals surface area contributed by atoms with Crippen molar-refractivity contribution >= 4 is 36.5 Å². The molecule has 0 unspecified atom stereocenters. The standard InChI is InChI=1S/C14H10ClFN2O4S/c1-21-10-5-7(2-3-12(10)23(15,19)20)8-4-9(16)13-11(6-8)22-18-14(13)17/h2-6H,1H3,(H2,17,18). The molecular formula is C14H10ClFN2O4S. The van der Waals surface area contributed by atoms with Crippen LogP contribution < -0.4 is 10.5 Å². The van der Waals surface area contributed by atoms with Crippen LogP contribution in [0.25, 0.3) is 22.1 Å². The van der Waals surface area contributed by atoms with Crippen LogP contribution in [-0.4, -0.2) is 20.7 Å². The molecule has 2 aromatic carbocycles. The van der Waals surface area contributed by atoms with E-state index in [4.69, 9.17) is 25.7 Å². The van der Waals surface area contributed by atoms with E-state index in [2.05, 4.69) is 5.16 Å². The number of anilines is 1. The number of nitrogen functional groups attached to an aromatic ring is 1. The van der Waals surface area contributed by atoms with E-state index in [9.17, 15) is 12.8 Å². The maximum absolute atomic E-state index is 14.1. The Balaban J connectivity index is 2.19. The van der Waals surface area contributed by atoms with Gasteiger partial charge < -0.3 is 15.0 Å². The molecule has 0 saturated carbocycles. The van der Waals surface area contributed by atoms with Gasteiger partial charge in [-0.05, 0) is 35.4 Å². The van der Waals surface area contributed by atoms with Gasteiger partial charge in [-0.25, -0.2) is 12.8 Å². The Morgan fingerprint density at radius 3 is 2.65 bits per heavy atom. The van der Waals surface area contributed by atoms with Gasteiger partial charge in [-0.1, -0.05) is 11.2 Å². The fourth-order valence-electron chi connectivity index (χ4n) is 2.26. The number of benzene rings is 2. The van der Waals surface area contributed by atoms with Crippen molar-refractivity contribution in [2.24, 2.45) is 0 Å². The Hall–Kier alpha value is -2.32. The lowest BCUT2D eigenvalue weighted by atomic mass is 10.0. The number of hydrogen-bond donors (Lipinski definition) is 1. The lowest BCUT2D eigenvalue weighted by molar-refractivity contribution is 0.403. The van der Waals surface area contributed by atoms with Crippen molar-refractivity contribution in [2.45, 2.75) is 4.90 Å². The molecule has 1 aromatic heterocycles. The zero-order chi connectivity index (χ0) is 16.8. The molecule has 0 bridgehead atoms. The quantitative estimate of drug-likeness (QED) is 0.724. The molecule has 0 fully saturated rings. The number of aromatic nitrogens is 1. The Morgan fingerprint density at radius 2 is 2.00 bits per heavy atom. The van der Waals surface area contributed by atoms with E-state index in [1.54, 1.807) is 6.07 Å². The van der Waals surface area contributed by atoms with E-state index in [1.165, 1.54) is 31.4 Å². The van der Waals surface area contributed by atoms with Crippen molar-refractivity contribution in [3.63, 3.8) is 0 Å². The molecule has 6 nitrogen and oxygen atoms in total. The Labute approximate surface area is 135 Å². The van der Waals surface area contributed by atoms with E-state index >= 15 is 0 Å². The summed E-state index contributed by atoms with van der Waals surface area (Å²) in [7, 11) is 2.70. The number of fused-ring (bicyclic) bond motifs is 1. The second kappa shape index (κ2) is 5.39. The van der Waals surface area contributed by atoms with Crippen LogP contribution in [0.2, 0.25) is 0 Å². The van der Waals surface area contributed by atoms with Crippen LogP contribution in [0.1, 0.15) is 0 Å². The third kappa shape index (κ3) is 2.71. The van der Waals surface area contributed by atoms with Gasteiger partial charge in [0, 0.05) is 10.7 Å². The molecule has 23 heavy (non-hydrogen) atoms. The number of nitrogens with zero attached hydrogens (tertiary/aromatic N) is 1. The van der Waals surface area contributed by atoms with E-state index in [-0.39, 0.29) is 27.4 Å². The molecular weight excluding hydrogens is 347 g/mol. The number of nitrogens with two attached hydrogens (primary N) is 1. The van der Waals surface area contributed by atoms with Gasteiger partial charge in [0.2, 0.25) is 0 Å². The fraction of sp³-hybridized carbons (Fsp3) is 0.0714. The van der Waals surface area contributed by atoms with Crippen molar-refractivity contribution in [3.8, 4) is 16.9 Å². The average molecular weight is 357 g/mol. The minimum absolute atomic E-state index is 0.0368. The maximum atomic E-state index is 14.1. The van der Waals surface area contributed by atoms with Gasteiger partial charge in [-0.2, -0.15) is 0 Å². The molecule has 0 amide bonds. The molecule has 3 rings (SSSR count). The highest BCUT2D eigenvalue weighted by molar-refractivity contribution is 8.13. The lowest BCUT2D eigenvalue weighted by Crippen LogP contribution is -1.96. The minimum atomic E-state index is -3.96. The van der Waals surface area contributed by atoms with Gasteiger partial charge in [-0.3, -0.25) is 0 Å². The van der Waals surface area contributed by atoms with Crippen molar-refractivity contribution < 1.29 is 22.1 Å². The first kappa shape index (κ1) is 15.6. The topological polar surface area (TPSA) is 95.4 Å². The van der Waals surface area contributed by atoms with Crippen LogP contribution in [0.15, 0.2) is 39.8 Å². The molecule has 0 saturated heterocycles. The third-order valence-corrected chi connectivity index (χ3v) is 4.67. The highest BCUT2D eigenvalue weighted by Gasteiger charge is 2.19. The Bertz CT molecular complexity index is 1020. The fourth-order valence-corrected chi connectivity index (χ4v) is 3.26. The summed E-state index contributed by atoms with van der Waals surface area (Å²) in [5.74, 6) is -0.579. The Morgan fingerprint density at radius 1 is 1.26 bits per heavy atom. The molecule has 2 N–H and O–H groups in total. The summed E-state index contributed by atoms with van der Waals surface area (Å²) in [5.41, 5.74) is 6.68.